The van der Waals surface area contributed by atoms with E-state index in [4.69, 9.17) is 9.97 Å². The van der Waals surface area contributed by atoms with Crippen LogP contribution >= 0.6 is 0 Å². The molecule has 0 saturated heterocycles. The molecule has 49 heavy (non-hydrogen) atoms. The number of aromatic nitrogens is 4. The van der Waals surface area contributed by atoms with Gasteiger partial charge in [0.05, 0.1) is 34.6 Å². The summed E-state index contributed by atoms with van der Waals surface area (Å²) in [4.78, 5) is 57.5. The molecule has 10 heteroatoms. The Balaban J connectivity index is 1.99. The van der Waals surface area contributed by atoms with Crippen LogP contribution in [0.5, 0.6) is 0 Å². The smallest absolute Gasteiger partial charge is 0.338 e. The van der Waals surface area contributed by atoms with Gasteiger partial charge in [0.15, 0.2) is 0 Å². The van der Waals surface area contributed by atoms with Crippen LogP contribution in [0.2, 0.25) is 0 Å². The van der Waals surface area contributed by atoms with E-state index in [0.717, 1.165) is 64.0 Å². The lowest BCUT2D eigenvalue weighted by atomic mass is 9.84. The van der Waals surface area contributed by atoms with Crippen molar-refractivity contribution in [1.82, 2.24) is 24.8 Å². The third-order valence-electron chi connectivity index (χ3n) is 10.2. The molecule has 0 fully saturated rings. The zero-order chi connectivity index (χ0) is 35.7. The molecule has 0 saturated carbocycles. The van der Waals surface area contributed by atoms with E-state index in [9.17, 15) is 24.6 Å². The molecule has 1 amide bonds. The average molecular weight is 666 g/mol. The SMILES string of the molecule is C=CC1=C(C)c2cc3nc(c(CC(=O)N(C)CCCC)c4[nH]c(cc5[nH]c(cc1n2)c(C)c5CC)c(C)c4C(=O)O)[C@@H](CCC(=O)O)[C@@H]3C. The number of unbranched alkanes of at least 4 members (excludes halogenated alkanes) is 1. The lowest BCUT2D eigenvalue weighted by Crippen LogP contribution is -2.29. The van der Waals surface area contributed by atoms with Crippen LogP contribution in [0.1, 0.15) is 121 Å². The van der Waals surface area contributed by atoms with Crippen LogP contribution in [0, 0.1) is 13.8 Å². The number of H-pyrrole nitrogens is 2. The van der Waals surface area contributed by atoms with Crippen molar-refractivity contribution in [3.8, 4) is 0 Å². The Kier molecular flexibility index (Phi) is 10.3. The second kappa shape index (κ2) is 14.2. The van der Waals surface area contributed by atoms with Crippen LogP contribution in [-0.2, 0) is 22.4 Å². The second-order valence-electron chi connectivity index (χ2n) is 13.3. The quantitative estimate of drug-likeness (QED) is 0.163. The van der Waals surface area contributed by atoms with Crippen LogP contribution in [0.25, 0.3) is 33.2 Å². The van der Waals surface area contributed by atoms with Crippen molar-refractivity contribution in [2.75, 3.05) is 13.6 Å². The number of aryl methyl sites for hydroxylation is 3. The number of nitrogens with one attached hydrogen (secondary N) is 2. The summed E-state index contributed by atoms with van der Waals surface area (Å²) in [5.74, 6) is -2.82. The highest BCUT2D eigenvalue weighted by Gasteiger charge is 2.34. The van der Waals surface area contributed by atoms with Crippen LogP contribution in [0.15, 0.2) is 30.9 Å². The molecule has 8 bridgehead atoms. The standard InChI is InChI=1S/C39H47N5O5/c1-9-12-15-44(8)34(45)16-27-37-26(13-14-35(46)47)22(6)30(42-37)17-28-20(4)24(10-2)32(40-28)18-29-21(5)25(11-3)33(41-29)19-31-23(7)36(39(48)49)38(27)43-31/h10,17-19,22,26,41,43H,2,9,11-16H2,1,3-8H3,(H,46,47)(H,48,49)/t22-,26-/m0/s1. The molecular weight excluding hydrogens is 618 g/mol. The van der Waals surface area contributed by atoms with E-state index in [-0.39, 0.29) is 42.6 Å². The maximum absolute atomic E-state index is 13.8. The highest BCUT2D eigenvalue weighted by molar-refractivity contribution is 6.03. The molecule has 5 rings (SSSR count). The molecule has 0 unspecified atom stereocenters. The predicted molar refractivity (Wildman–Crippen MR) is 194 cm³/mol. The van der Waals surface area contributed by atoms with Gasteiger partial charge in [-0.3, -0.25) is 14.6 Å². The summed E-state index contributed by atoms with van der Waals surface area (Å²) >= 11 is 0. The van der Waals surface area contributed by atoms with Gasteiger partial charge in [0.1, 0.15) is 0 Å². The van der Waals surface area contributed by atoms with Crippen molar-refractivity contribution >= 4 is 51.1 Å². The Hall–Kier alpha value is -4.99. The summed E-state index contributed by atoms with van der Waals surface area (Å²) in [7, 11) is 1.75. The number of carbonyl (C=O) groups is 3. The number of carboxylic acids is 2. The number of amides is 1. The maximum atomic E-state index is 13.8. The Labute approximate surface area is 287 Å². The van der Waals surface area contributed by atoms with Gasteiger partial charge in [0.25, 0.3) is 0 Å². The van der Waals surface area contributed by atoms with Crippen molar-refractivity contribution in [1.29, 1.82) is 0 Å². The number of likely N-dealkylation sites (N-methyl/N-ethyl adjacent to an activating group) is 1. The van der Waals surface area contributed by atoms with E-state index in [1.807, 2.05) is 38.1 Å². The maximum Gasteiger partial charge on any atom is 0.338 e. The number of carboxylic acid groups (broad SMARTS) is 2. The van der Waals surface area contributed by atoms with E-state index in [2.05, 4.69) is 37.3 Å². The molecular formula is C39H47N5O5. The van der Waals surface area contributed by atoms with Crippen LogP contribution < -0.4 is 0 Å². The fourth-order valence-electron chi connectivity index (χ4n) is 7.19. The number of hydrogen-bond donors (Lipinski definition) is 4. The van der Waals surface area contributed by atoms with E-state index < -0.39 is 11.9 Å². The fourth-order valence-corrected chi connectivity index (χ4v) is 7.19. The molecule has 2 aliphatic rings. The Morgan fingerprint density at radius 3 is 2.31 bits per heavy atom. The van der Waals surface area contributed by atoms with Crippen LogP contribution in [0.3, 0.4) is 0 Å². The fraction of sp³-hybridized carbons (Fsp3) is 0.410. The normalized spacial score (nSPS) is 15.8. The van der Waals surface area contributed by atoms with E-state index in [0.29, 0.717) is 40.1 Å². The lowest BCUT2D eigenvalue weighted by molar-refractivity contribution is -0.137. The minimum atomic E-state index is -1.12. The first-order valence-electron chi connectivity index (χ1n) is 17.1. The van der Waals surface area contributed by atoms with Crippen molar-refractivity contribution in [2.24, 2.45) is 0 Å². The summed E-state index contributed by atoms with van der Waals surface area (Å²) in [6, 6.07) is 5.89. The summed E-state index contributed by atoms with van der Waals surface area (Å²) in [5, 5.41) is 20.4. The summed E-state index contributed by atoms with van der Waals surface area (Å²) < 4.78 is 0. The Morgan fingerprint density at radius 1 is 0.959 bits per heavy atom. The molecule has 2 atom stereocenters. The number of aromatic carboxylic acids is 1. The van der Waals surface area contributed by atoms with E-state index >= 15 is 0 Å². The molecule has 0 radical (unpaired) electrons. The van der Waals surface area contributed by atoms with Gasteiger partial charge in [0, 0.05) is 65.2 Å². The topological polar surface area (TPSA) is 152 Å². The van der Waals surface area contributed by atoms with Crippen molar-refractivity contribution in [2.45, 2.75) is 91.9 Å². The number of aliphatic carboxylic acids is 1. The molecule has 2 aliphatic heterocycles. The van der Waals surface area contributed by atoms with E-state index in [1.54, 1.807) is 18.9 Å². The van der Waals surface area contributed by atoms with Crippen LogP contribution in [-0.4, -0.2) is 66.5 Å². The Morgan fingerprint density at radius 2 is 1.67 bits per heavy atom. The van der Waals surface area contributed by atoms with Gasteiger partial charge in [-0.1, -0.05) is 39.8 Å². The van der Waals surface area contributed by atoms with Crippen molar-refractivity contribution in [3.63, 3.8) is 0 Å². The monoisotopic (exact) mass is 665 g/mol. The van der Waals surface area contributed by atoms with Gasteiger partial charge in [0.2, 0.25) is 5.91 Å². The minimum absolute atomic E-state index is 0.0702. The first kappa shape index (κ1) is 35.3. The van der Waals surface area contributed by atoms with Crippen molar-refractivity contribution in [3.05, 3.63) is 81.4 Å². The molecule has 0 aliphatic carbocycles. The van der Waals surface area contributed by atoms with Gasteiger partial charge in [-0.25, -0.2) is 9.78 Å². The molecule has 5 heterocycles. The van der Waals surface area contributed by atoms with Gasteiger partial charge >= 0.3 is 11.9 Å². The number of aromatic amines is 2. The molecule has 4 N–H and O–H groups in total. The minimum Gasteiger partial charge on any atom is -0.481 e. The summed E-state index contributed by atoms with van der Waals surface area (Å²) in [6.07, 6.45) is 4.38. The van der Waals surface area contributed by atoms with Gasteiger partial charge in [-0.15, -0.1) is 0 Å². The number of allylic oxidation sites excluding steroid dienone is 3. The number of rotatable bonds is 11. The molecule has 3 aromatic heterocycles. The summed E-state index contributed by atoms with van der Waals surface area (Å²) in [6.45, 7) is 16.6. The molecule has 0 aromatic carbocycles. The largest absolute Gasteiger partial charge is 0.481 e. The molecule has 258 valence electrons. The average Bonchev–Trinajstić information content (AvgIpc) is 3.74. The molecule has 0 spiro atoms. The number of carbonyl (C=O) groups excluding carboxylic acids is 1. The predicted octanol–water partition coefficient (Wildman–Crippen LogP) is 7.86. The van der Waals surface area contributed by atoms with Gasteiger partial charge in [-0.05, 0) is 80.5 Å². The van der Waals surface area contributed by atoms with Crippen molar-refractivity contribution < 1.29 is 24.6 Å². The number of hydrogen-bond acceptors (Lipinski definition) is 5. The zero-order valence-electron chi connectivity index (χ0n) is 29.6. The van der Waals surface area contributed by atoms with Crippen LogP contribution in [0.4, 0.5) is 0 Å². The molecule has 3 aromatic rings. The highest BCUT2D eigenvalue weighted by Crippen LogP contribution is 2.43. The first-order valence-corrected chi connectivity index (χ1v) is 17.1. The third-order valence-corrected chi connectivity index (χ3v) is 10.2. The lowest BCUT2D eigenvalue weighted by Gasteiger charge is -2.20. The van der Waals surface area contributed by atoms with Gasteiger partial charge < -0.3 is 25.1 Å². The van der Waals surface area contributed by atoms with Gasteiger partial charge in [-0.2, -0.15) is 0 Å². The second-order valence-corrected chi connectivity index (χ2v) is 13.3. The highest BCUT2D eigenvalue weighted by atomic mass is 16.4. The number of nitrogens with zero attached hydrogens (tertiary/aromatic N) is 3. The molecule has 10 nitrogen and oxygen atoms in total. The third kappa shape index (κ3) is 6.69. The first-order chi connectivity index (χ1) is 23.3. The van der Waals surface area contributed by atoms with E-state index in [1.165, 1.54) is 0 Å². The number of fused-ring (bicyclic) bond motifs is 8. The summed E-state index contributed by atoms with van der Waals surface area (Å²) in [5.41, 5.74) is 10.5. The Bertz CT molecular complexity index is 2050. The zero-order valence-corrected chi connectivity index (χ0v) is 29.6.